The van der Waals surface area contributed by atoms with Crippen LogP contribution < -0.4 is 0 Å². The lowest BCUT2D eigenvalue weighted by Gasteiger charge is -2.44. The first-order valence-electron chi connectivity index (χ1n) is 7.03. The van der Waals surface area contributed by atoms with Gasteiger partial charge in [-0.05, 0) is 57.5 Å². The van der Waals surface area contributed by atoms with Gasteiger partial charge in [0.05, 0.1) is 0 Å². The molecule has 16 heavy (non-hydrogen) atoms. The van der Waals surface area contributed by atoms with Crippen molar-refractivity contribution in [1.82, 2.24) is 4.90 Å². The molecule has 4 atom stereocenters. The van der Waals surface area contributed by atoms with E-state index in [9.17, 15) is 4.79 Å². The Morgan fingerprint density at radius 1 is 1.12 bits per heavy atom. The standard InChI is InChI=1S/C14H23NO/c1-10-8-11-4-5-13(12(9-10)14(11)16)15-6-2-3-7-15/h10-13H,2-9H2,1H3. The highest BCUT2D eigenvalue weighted by Gasteiger charge is 2.44. The summed E-state index contributed by atoms with van der Waals surface area (Å²) in [7, 11) is 0. The van der Waals surface area contributed by atoms with E-state index in [2.05, 4.69) is 11.8 Å². The van der Waals surface area contributed by atoms with Crippen molar-refractivity contribution in [2.75, 3.05) is 13.1 Å². The second kappa shape index (κ2) is 4.14. The van der Waals surface area contributed by atoms with Gasteiger partial charge < -0.3 is 0 Å². The first-order valence-corrected chi connectivity index (χ1v) is 7.03. The summed E-state index contributed by atoms with van der Waals surface area (Å²) in [4.78, 5) is 14.9. The second-order valence-electron chi connectivity index (χ2n) is 6.17. The van der Waals surface area contributed by atoms with Crippen LogP contribution in [0.4, 0.5) is 0 Å². The number of hydrogen-bond donors (Lipinski definition) is 0. The number of carbonyl (C=O) groups excluding carboxylic acids is 1. The van der Waals surface area contributed by atoms with Crippen molar-refractivity contribution in [2.45, 2.75) is 51.5 Å². The molecule has 0 spiro atoms. The third-order valence-corrected chi connectivity index (χ3v) is 5.00. The van der Waals surface area contributed by atoms with Crippen LogP contribution in [0.1, 0.15) is 45.4 Å². The zero-order valence-electron chi connectivity index (χ0n) is 10.3. The summed E-state index contributed by atoms with van der Waals surface area (Å²) in [6.45, 7) is 4.82. The van der Waals surface area contributed by atoms with Crippen molar-refractivity contribution in [3.05, 3.63) is 0 Å². The Balaban J connectivity index is 1.77. The third kappa shape index (κ3) is 1.71. The fraction of sp³-hybridized carbons (Fsp3) is 0.929. The summed E-state index contributed by atoms with van der Waals surface area (Å²) < 4.78 is 0. The average molecular weight is 221 g/mol. The lowest BCUT2D eigenvalue weighted by atomic mass is 9.65. The number of hydrogen-bond acceptors (Lipinski definition) is 2. The van der Waals surface area contributed by atoms with E-state index in [4.69, 9.17) is 0 Å². The van der Waals surface area contributed by atoms with Crippen LogP contribution in [0.2, 0.25) is 0 Å². The van der Waals surface area contributed by atoms with E-state index in [0.29, 0.717) is 23.7 Å². The smallest absolute Gasteiger partial charge is 0.140 e. The van der Waals surface area contributed by atoms with Gasteiger partial charge in [-0.3, -0.25) is 9.69 Å². The fourth-order valence-electron chi connectivity index (χ4n) is 4.24. The summed E-state index contributed by atoms with van der Waals surface area (Å²) in [5, 5.41) is 0. The Hall–Kier alpha value is -0.370. The zero-order chi connectivity index (χ0) is 11.1. The van der Waals surface area contributed by atoms with Gasteiger partial charge in [-0.1, -0.05) is 6.92 Å². The average Bonchev–Trinajstić information content (AvgIpc) is 2.74. The molecular weight excluding hydrogens is 198 g/mol. The topological polar surface area (TPSA) is 20.3 Å². The largest absolute Gasteiger partial charge is 0.300 e. The molecule has 0 amide bonds. The van der Waals surface area contributed by atoms with Gasteiger partial charge in [-0.2, -0.15) is 0 Å². The molecule has 2 bridgehead atoms. The molecule has 2 nitrogen and oxygen atoms in total. The lowest BCUT2D eigenvalue weighted by molar-refractivity contribution is -0.137. The zero-order valence-corrected chi connectivity index (χ0v) is 10.3. The summed E-state index contributed by atoms with van der Waals surface area (Å²) in [6, 6.07) is 0.606. The van der Waals surface area contributed by atoms with Gasteiger partial charge in [0.2, 0.25) is 0 Å². The maximum absolute atomic E-state index is 12.3. The predicted octanol–water partition coefficient (Wildman–Crippen LogP) is 2.48. The molecule has 0 N–H and O–H groups in total. The summed E-state index contributed by atoms with van der Waals surface area (Å²) in [6.07, 6.45) is 7.47. The van der Waals surface area contributed by atoms with Crippen molar-refractivity contribution >= 4 is 5.78 Å². The molecule has 90 valence electrons. The molecule has 2 aliphatic carbocycles. The van der Waals surface area contributed by atoms with Crippen molar-refractivity contribution in [3.8, 4) is 0 Å². The van der Waals surface area contributed by atoms with Crippen molar-refractivity contribution in [2.24, 2.45) is 17.8 Å². The van der Waals surface area contributed by atoms with Crippen molar-refractivity contribution < 1.29 is 4.79 Å². The number of fused-ring (bicyclic) bond motifs is 2. The number of nitrogens with zero attached hydrogens (tertiary/aromatic N) is 1. The van der Waals surface area contributed by atoms with Crippen LogP contribution in [0, 0.1) is 17.8 Å². The summed E-state index contributed by atoms with van der Waals surface area (Å²) in [5.41, 5.74) is 0. The Labute approximate surface area is 98.4 Å². The van der Waals surface area contributed by atoms with Crippen molar-refractivity contribution in [1.29, 1.82) is 0 Å². The molecule has 2 heteroatoms. The number of ketones is 1. The quantitative estimate of drug-likeness (QED) is 0.678. The summed E-state index contributed by atoms with van der Waals surface area (Å²) >= 11 is 0. The SMILES string of the molecule is CC1CC2CCC(N3CCCC3)C(C1)C2=O. The number of carbonyl (C=O) groups is 1. The molecule has 3 rings (SSSR count). The minimum Gasteiger partial charge on any atom is -0.300 e. The van der Waals surface area contributed by atoms with E-state index < -0.39 is 0 Å². The highest BCUT2D eigenvalue weighted by atomic mass is 16.1. The van der Waals surface area contributed by atoms with Crippen molar-refractivity contribution in [3.63, 3.8) is 0 Å². The third-order valence-electron chi connectivity index (χ3n) is 5.00. The Morgan fingerprint density at radius 3 is 2.62 bits per heavy atom. The van der Waals surface area contributed by atoms with Gasteiger partial charge in [0, 0.05) is 17.9 Å². The minimum absolute atomic E-state index is 0.389. The van der Waals surface area contributed by atoms with Gasteiger partial charge in [0.25, 0.3) is 0 Å². The molecule has 0 aromatic carbocycles. The lowest BCUT2D eigenvalue weighted by Crippen LogP contribution is -2.50. The molecule has 0 aromatic heterocycles. The van der Waals surface area contributed by atoms with Crippen LogP contribution >= 0.6 is 0 Å². The van der Waals surface area contributed by atoms with Crippen LogP contribution in [-0.2, 0) is 4.79 Å². The van der Waals surface area contributed by atoms with Gasteiger partial charge >= 0.3 is 0 Å². The molecule has 4 unspecified atom stereocenters. The van der Waals surface area contributed by atoms with Crippen LogP contribution in [-0.4, -0.2) is 29.8 Å². The molecule has 1 aliphatic heterocycles. The molecule has 0 aromatic rings. The Morgan fingerprint density at radius 2 is 1.88 bits per heavy atom. The van der Waals surface area contributed by atoms with E-state index in [1.807, 2.05) is 0 Å². The molecular formula is C14H23NO. The van der Waals surface area contributed by atoms with Gasteiger partial charge in [-0.15, -0.1) is 0 Å². The van der Waals surface area contributed by atoms with Crippen LogP contribution in [0.15, 0.2) is 0 Å². The molecule has 3 aliphatic rings. The van der Waals surface area contributed by atoms with E-state index in [-0.39, 0.29) is 0 Å². The van der Waals surface area contributed by atoms with Crippen LogP contribution in [0.3, 0.4) is 0 Å². The number of Topliss-reactive ketones (excluding diaryl/α,β-unsaturated/α-hetero) is 1. The first-order chi connectivity index (χ1) is 7.75. The van der Waals surface area contributed by atoms with Gasteiger partial charge in [0.15, 0.2) is 0 Å². The molecule has 0 radical (unpaired) electrons. The van der Waals surface area contributed by atoms with E-state index >= 15 is 0 Å². The van der Waals surface area contributed by atoms with Crippen LogP contribution in [0.5, 0.6) is 0 Å². The highest BCUT2D eigenvalue weighted by molar-refractivity contribution is 5.85. The van der Waals surface area contributed by atoms with E-state index in [1.165, 1.54) is 45.2 Å². The number of rotatable bonds is 1. The maximum Gasteiger partial charge on any atom is 0.140 e. The first kappa shape index (κ1) is 10.8. The second-order valence-corrected chi connectivity index (χ2v) is 6.17. The predicted molar refractivity (Wildman–Crippen MR) is 64.2 cm³/mol. The molecule has 2 saturated carbocycles. The molecule has 1 heterocycles. The Kier molecular flexibility index (Phi) is 2.78. The van der Waals surface area contributed by atoms with Gasteiger partial charge in [-0.25, -0.2) is 0 Å². The monoisotopic (exact) mass is 221 g/mol. The van der Waals surface area contributed by atoms with Gasteiger partial charge in [0.1, 0.15) is 5.78 Å². The minimum atomic E-state index is 0.389. The molecule has 1 saturated heterocycles. The highest BCUT2D eigenvalue weighted by Crippen LogP contribution is 2.42. The fourth-order valence-corrected chi connectivity index (χ4v) is 4.24. The normalized spacial score (nSPS) is 44.9. The van der Waals surface area contributed by atoms with E-state index in [1.54, 1.807) is 0 Å². The summed E-state index contributed by atoms with van der Waals surface area (Å²) in [5.74, 6) is 2.20. The maximum atomic E-state index is 12.3. The van der Waals surface area contributed by atoms with E-state index in [0.717, 1.165) is 12.3 Å². The number of likely N-dealkylation sites (tertiary alicyclic amines) is 1. The Bertz CT molecular complexity index is 282. The molecule has 3 fully saturated rings. The van der Waals surface area contributed by atoms with Crippen LogP contribution in [0.25, 0.3) is 0 Å².